The molecule has 2 aromatic heterocycles. The molecule has 0 saturated heterocycles. The molecule has 0 unspecified atom stereocenters. The van der Waals surface area contributed by atoms with Crippen molar-refractivity contribution in [3.05, 3.63) is 128 Å². The zero-order chi connectivity index (χ0) is 33.9. The molecule has 5 aromatic rings. The molecule has 1 N–H and O–H groups in total. The topological polar surface area (TPSA) is 93.8 Å². The predicted molar refractivity (Wildman–Crippen MR) is 180 cm³/mol. The van der Waals surface area contributed by atoms with Crippen LogP contribution in [-0.2, 0) is 42.1 Å². The Morgan fingerprint density at radius 1 is 0.894 bits per heavy atom. The number of carbonyl (C=O) groups is 1. The van der Waals surface area contributed by atoms with Crippen LogP contribution in [0.25, 0.3) is 20.7 Å². The summed E-state index contributed by atoms with van der Waals surface area (Å²) in [4.78, 5) is 43.4. The third-order valence-corrected chi connectivity index (χ3v) is 9.03. The van der Waals surface area contributed by atoms with Crippen LogP contribution in [0.15, 0.2) is 82.4 Å². The Hall–Kier alpha value is -4.29. The highest BCUT2D eigenvalue weighted by molar-refractivity contribution is 7.22. The number of benzene rings is 3. The van der Waals surface area contributed by atoms with Gasteiger partial charge in [0, 0.05) is 37.1 Å². The van der Waals surface area contributed by atoms with E-state index < -0.39 is 35.0 Å². The largest absolute Gasteiger partial charge is 0.389 e. The quantitative estimate of drug-likeness (QED) is 0.182. The molecule has 0 saturated carbocycles. The van der Waals surface area contributed by atoms with E-state index in [0.717, 1.165) is 33.4 Å². The molecule has 0 fully saturated rings. The van der Waals surface area contributed by atoms with Crippen LogP contribution in [0.5, 0.6) is 0 Å². The fraction of sp³-hybridized carbons (Fsp3) is 0.306. The third kappa shape index (κ3) is 7.82. The zero-order valence-electron chi connectivity index (χ0n) is 26.8. The molecule has 3 aromatic carbocycles. The third-order valence-electron chi connectivity index (χ3n) is 7.72. The Morgan fingerprint density at radius 2 is 1.55 bits per heavy atom. The standard InChI is InChI=1S/C36H37F2N3O5S/c1-36(2,45)22-41-33(43)31-28(19-39(3)18-24-9-6-5-7-10-24)32(25-15-13-23(14-16-25)17-26(42)21-46-4)47-34(31)40(35(41)44)20-27-29(37)11-8-12-30(27)38/h5-16,45H,17-22H2,1-4H3. The number of hydrogen-bond acceptors (Lipinski definition) is 7. The minimum atomic E-state index is -1.43. The first-order valence-electron chi connectivity index (χ1n) is 15.1. The summed E-state index contributed by atoms with van der Waals surface area (Å²) in [6.07, 6.45) is 0.197. The minimum Gasteiger partial charge on any atom is -0.389 e. The van der Waals surface area contributed by atoms with Gasteiger partial charge in [-0.05, 0) is 55.3 Å². The number of carbonyl (C=O) groups excluding carboxylic acids is 1. The average Bonchev–Trinajstić information content (AvgIpc) is 3.38. The minimum absolute atomic E-state index is 0.00696. The Kier molecular flexibility index (Phi) is 10.3. The van der Waals surface area contributed by atoms with Crippen molar-refractivity contribution < 1.29 is 23.4 Å². The molecule has 2 heterocycles. The molecule has 0 bridgehead atoms. The smallest absolute Gasteiger partial charge is 0.332 e. The van der Waals surface area contributed by atoms with Gasteiger partial charge in [-0.3, -0.25) is 23.6 Å². The van der Waals surface area contributed by atoms with Crippen molar-refractivity contribution in [1.29, 1.82) is 0 Å². The van der Waals surface area contributed by atoms with Crippen molar-refractivity contribution in [2.24, 2.45) is 0 Å². The highest BCUT2D eigenvalue weighted by Gasteiger charge is 2.27. The fourth-order valence-corrected chi connectivity index (χ4v) is 6.95. The number of aliphatic hydroxyl groups is 1. The van der Waals surface area contributed by atoms with E-state index in [4.69, 9.17) is 4.74 Å². The maximum absolute atomic E-state index is 14.9. The monoisotopic (exact) mass is 661 g/mol. The number of rotatable bonds is 13. The van der Waals surface area contributed by atoms with Crippen LogP contribution < -0.4 is 11.2 Å². The summed E-state index contributed by atoms with van der Waals surface area (Å²) in [5, 5.41) is 10.9. The fourth-order valence-electron chi connectivity index (χ4n) is 5.64. The van der Waals surface area contributed by atoms with E-state index in [-0.39, 0.29) is 41.1 Å². The molecule has 0 aliphatic heterocycles. The van der Waals surface area contributed by atoms with E-state index in [0.29, 0.717) is 23.5 Å². The lowest BCUT2D eigenvalue weighted by molar-refractivity contribution is -0.121. The molecule has 8 nitrogen and oxygen atoms in total. The van der Waals surface area contributed by atoms with Crippen LogP contribution >= 0.6 is 11.3 Å². The molecule has 246 valence electrons. The first kappa shape index (κ1) is 34.1. The van der Waals surface area contributed by atoms with Gasteiger partial charge in [-0.1, -0.05) is 60.7 Å². The maximum atomic E-state index is 14.9. The molecular weight excluding hydrogens is 624 g/mol. The second kappa shape index (κ2) is 14.2. The van der Waals surface area contributed by atoms with Crippen molar-refractivity contribution >= 4 is 27.3 Å². The van der Waals surface area contributed by atoms with E-state index >= 15 is 0 Å². The van der Waals surface area contributed by atoms with Crippen molar-refractivity contribution in [2.45, 2.75) is 52.0 Å². The molecule has 0 aliphatic rings. The van der Waals surface area contributed by atoms with Gasteiger partial charge in [0.1, 0.15) is 23.1 Å². The van der Waals surface area contributed by atoms with Gasteiger partial charge in [-0.2, -0.15) is 0 Å². The van der Waals surface area contributed by atoms with Crippen LogP contribution in [0.4, 0.5) is 8.78 Å². The van der Waals surface area contributed by atoms with Crippen molar-refractivity contribution in [2.75, 3.05) is 20.8 Å². The average molecular weight is 662 g/mol. The summed E-state index contributed by atoms with van der Waals surface area (Å²) in [7, 11) is 3.39. The van der Waals surface area contributed by atoms with E-state index in [9.17, 15) is 28.3 Å². The number of thiophene rings is 1. The molecule has 0 amide bonds. The van der Waals surface area contributed by atoms with Gasteiger partial charge in [0.05, 0.1) is 24.1 Å². The van der Waals surface area contributed by atoms with Crippen molar-refractivity contribution in [3.8, 4) is 10.4 Å². The van der Waals surface area contributed by atoms with Crippen molar-refractivity contribution in [3.63, 3.8) is 0 Å². The summed E-state index contributed by atoms with van der Waals surface area (Å²) in [6, 6.07) is 20.7. The van der Waals surface area contributed by atoms with E-state index in [1.807, 2.05) is 66.5 Å². The lowest BCUT2D eigenvalue weighted by atomic mass is 10.0. The summed E-state index contributed by atoms with van der Waals surface area (Å²) in [5.74, 6) is -1.70. The van der Waals surface area contributed by atoms with Gasteiger partial charge in [-0.15, -0.1) is 11.3 Å². The van der Waals surface area contributed by atoms with Crippen molar-refractivity contribution in [1.82, 2.24) is 14.0 Å². The summed E-state index contributed by atoms with van der Waals surface area (Å²) >= 11 is 1.19. The molecule has 0 radical (unpaired) electrons. The Morgan fingerprint density at radius 3 is 2.17 bits per heavy atom. The highest BCUT2D eigenvalue weighted by Crippen LogP contribution is 2.38. The number of Topliss-reactive ketones (excluding diaryl/α,β-unsaturated/α-hetero) is 1. The van der Waals surface area contributed by atoms with Crippen LogP contribution in [0.1, 0.15) is 36.1 Å². The number of nitrogens with zero attached hydrogens (tertiary/aromatic N) is 3. The maximum Gasteiger partial charge on any atom is 0.332 e. The van der Waals surface area contributed by atoms with Gasteiger partial charge in [0.2, 0.25) is 0 Å². The van der Waals surface area contributed by atoms with E-state index in [1.54, 1.807) is 0 Å². The number of fused-ring (bicyclic) bond motifs is 1. The number of ketones is 1. The molecule has 47 heavy (non-hydrogen) atoms. The molecule has 0 atom stereocenters. The number of hydrogen-bond donors (Lipinski definition) is 1. The van der Waals surface area contributed by atoms with Crippen LogP contribution in [0.2, 0.25) is 0 Å². The number of methoxy groups -OCH3 is 1. The second-order valence-corrected chi connectivity index (χ2v) is 13.4. The number of aromatic nitrogens is 2. The van der Waals surface area contributed by atoms with Crippen LogP contribution in [0.3, 0.4) is 0 Å². The molecular formula is C36H37F2N3O5S. The van der Waals surface area contributed by atoms with Gasteiger partial charge < -0.3 is 9.84 Å². The van der Waals surface area contributed by atoms with E-state index in [1.165, 1.54) is 42.9 Å². The van der Waals surface area contributed by atoms with Gasteiger partial charge >= 0.3 is 5.69 Å². The van der Waals surface area contributed by atoms with Gasteiger partial charge in [-0.25, -0.2) is 13.6 Å². The van der Waals surface area contributed by atoms with Gasteiger partial charge in [0.25, 0.3) is 5.56 Å². The summed E-state index contributed by atoms with van der Waals surface area (Å²) in [6.45, 7) is 3.06. The number of ether oxygens (including phenoxy) is 1. The second-order valence-electron chi connectivity index (χ2n) is 12.4. The zero-order valence-corrected chi connectivity index (χ0v) is 27.6. The molecule has 5 rings (SSSR count). The first-order chi connectivity index (χ1) is 22.4. The lowest BCUT2D eigenvalue weighted by Crippen LogP contribution is -2.45. The summed E-state index contributed by atoms with van der Waals surface area (Å²) < 4.78 is 37.0. The predicted octanol–water partition coefficient (Wildman–Crippen LogP) is 5.38. The Balaban J connectivity index is 1.74. The molecule has 11 heteroatoms. The van der Waals surface area contributed by atoms with Crippen LogP contribution in [0, 0.1) is 11.6 Å². The normalized spacial score (nSPS) is 11.9. The SMILES string of the molecule is COCC(=O)Cc1ccc(-c2sc3c(c2CN(C)Cc2ccccc2)c(=O)n(CC(C)(C)O)c(=O)n3Cc2c(F)cccc2F)cc1. The van der Waals surface area contributed by atoms with Gasteiger partial charge in [0.15, 0.2) is 5.78 Å². The summed E-state index contributed by atoms with van der Waals surface area (Å²) in [5.41, 5.74) is 0.127. The van der Waals surface area contributed by atoms with E-state index in [2.05, 4.69) is 0 Å². The lowest BCUT2D eigenvalue weighted by Gasteiger charge is -2.21. The Bertz CT molecular complexity index is 1990. The Labute approximate surface area is 275 Å². The highest BCUT2D eigenvalue weighted by atomic mass is 32.1. The van der Waals surface area contributed by atoms with Crippen LogP contribution in [-0.4, -0.2) is 51.3 Å². The molecule has 0 aliphatic carbocycles. The molecule has 0 spiro atoms. The number of halogens is 2. The first-order valence-corrected chi connectivity index (χ1v) is 15.9.